The van der Waals surface area contributed by atoms with E-state index in [0.717, 1.165) is 43.5 Å². The van der Waals surface area contributed by atoms with E-state index >= 15 is 0 Å². The lowest BCUT2D eigenvalue weighted by Gasteiger charge is -2.20. The molecule has 0 fully saturated rings. The third kappa shape index (κ3) is 5.16. The second-order valence-corrected chi connectivity index (χ2v) is 4.92. The zero-order valence-electron chi connectivity index (χ0n) is 12.3. The maximum Gasteiger partial charge on any atom is 0.168 e. The van der Waals surface area contributed by atoms with Crippen LogP contribution in [0.15, 0.2) is 6.20 Å². The number of nitrogens with zero attached hydrogens (tertiary/aromatic N) is 3. The molecule has 0 atom stereocenters. The lowest BCUT2D eigenvalue weighted by atomic mass is 10.2. The largest absolute Gasteiger partial charge is 0.385 e. The molecule has 0 aromatic carbocycles. The predicted octanol–water partition coefficient (Wildman–Crippen LogP) is 1.55. The quantitative estimate of drug-likeness (QED) is 0.608. The van der Waals surface area contributed by atoms with Crippen LogP contribution in [-0.4, -0.2) is 47.1 Å². The molecule has 0 aliphatic rings. The van der Waals surface area contributed by atoms with Gasteiger partial charge < -0.3 is 15.0 Å². The van der Waals surface area contributed by atoms with Crippen molar-refractivity contribution in [3.8, 4) is 0 Å². The molecule has 1 rings (SSSR count). The summed E-state index contributed by atoms with van der Waals surface area (Å²) in [5.74, 6) is 0. The Morgan fingerprint density at radius 1 is 1.58 bits per heavy atom. The molecule has 6 heteroatoms. The predicted molar refractivity (Wildman–Crippen MR) is 81.2 cm³/mol. The van der Waals surface area contributed by atoms with Gasteiger partial charge in [0.05, 0.1) is 5.69 Å². The smallest absolute Gasteiger partial charge is 0.168 e. The third-order valence-electron chi connectivity index (χ3n) is 2.93. The summed E-state index contributed by atoms with van der Waals surface area (Å²) in [4.78, 5) is 2.03. The van der Waals surface area contributed by atoms with E-state index in [2.05, 4.69) is 23.5 Å². The zero-order valence-corrected chi connectivity index (χ0v) is 13.1. The normalized spacial score (nSPS) is 10.5. The number of nitrogens with one attached hydrogen (secondary N) is 1. The average Bonchev–Trinajstić information content (AvgIpc) is 2.75. The number of hydrogen-bond donors (Lipinski definition) is 1. The maximum absolute atomic E-state index is 5.35. The van der Waals surface area contributed by atoms with Crippen molar-refractivity contribution in [2.45, 2.75) is 33.4 Å². The van der Waals surface area contributed by atoms with Gasteiger partial charge in [-0.05, 0) is 32.5 Å². The van der Waals surface area contributed by atoms with E-state index in [9.17, 15) is 0 Å². The van der Waals surface area contributed by atoms with Gasteiger partial charge in [-0.3, -0.25) is 4.68 Å². The summed E-state index contributed by atoms with van der Waals surface area (Å²) in [5.41, 5.74) is 2.28. The first-order valence-corrected chi connectivity index (χ1v) is 7.00. The molecular weight excluding hydrogens is 260 g/mol. The van der Waals surface area contributed by atoms with E-state index in [1.807, 2.05) is 23.6 Å². The van der Waals surface area contributed by atoms with E-state index in [1.165, 1.54) is 5.56 Å². The molecule has 0 saturated heterocycles. The molecule has 108 valence electrons. The molecular formula is C13H24N4OS. The van der Waals surface area contributed by atoms with Crippen molar-refractivity contribution in [1.29, 1.82) is 0 Å². The van der Waals surface area contributed by atoms with Gasteiger partial charge in [-0.2, -0.15) is 5.10 Å². The van der Waals surface area contributed by atoms with Gasteiger partial charge in [0.1, 0.15) is 0 Å². The van der Waals surface area contributed by atoms with Gasteiger partial charge in [0.15, 0.2) is 5.11 Å². The van der Waals surface area contributed by atoms with Crippen molar-refractivity contribution >= 4 is 17.3 Å². The van der Waals surface area contributed by atoms with Gasteiger partial charge in [-0.25, -0.2) is 0 Å². The summed E-state index contributed by atoms with van der Waals surface area (Å²) in [6.45, 7) is 7.38. The molecule has 5 nitrogen and oxygen atoms in total. The van der Waals surface area contributed by atoms with Crippen LogP contribution in [0.1, 0.15) is 24.6 Å². The number of thiocarbonyl (C=S) groups is 1. The maximum atomic E-state index is 5.35. The summed E-state index contributed by atoms with van der Waals surface area (Å²) in [7, 11) is 3.70. The Hall–Kier alpha value is -1.14. The first kappa shape index (κ1) is 15.9. The molecule has 19 heavy (non-hydrogen) atoms. The minimum Gasteiger partial charge on any atom is -0.385 e. The van der Waals surface area contributed by atoms with Crippen molar-refractivity contribution in [2.75, 3.05) is 27.3 Å². The highest BCUT2D eigenvalue weighted by molar-refractivity contribution is 7.80. The van der Waals surface area contributed by atoms with Crippen molar-refractivity contribution in [3.05, 3.63) is 17.5 Å². The fraction of sp³-hybridized carbons (Fsp3) is 0.692. The first-order valence-electron chi connectivity index (χ1n) is 6.59. The molecule has 0 spiro atoms. The highest BCUT2D eigenvalue weighted by Gasteiger charge is 2.09. The molecule has 1 aromatic heterocycles. The number of aryl methyl sites for hydroxylation is 2. The molecule has 0 saturated carbocycles. The van der Waals surface area contributed by atoms with E-state index in [1.54, 1.807) is 7.11 Å². The summed E-state index contributed by atoms with van der Waals surface area (Å²) in [6.07, 6.45) is 3.04. The van der Waals surface area contributed by atoms with Gasteiger partial charge in [-0.1, -0.05) is 0 Å². The van der Waals surface area contributed by atoms with Gasteiger partial charge in [0.2, 0.25) is 0 Å². The van der Waals surface area contributed by atoms with Crippen molar-refractivity contribution in [1.82, 2.24) is 20.0 Å². The summed E-state index contributed by atoms with van der Waals surface area (Å²) >= 11 is 5.35. The molecule has 0 unspecified atom stereocenters. The number of hydrogen-bond acceptors (Lipinski definition) is 3. The van der Waals surface area contributed by atoms with Crippen molar-refractivity contribution in [3.63, 3.8) is 0 Å². The van der Waals surface area contributed by atoms with E-state index in [-0.39, 0.29) is 0 Å². The third-order valence-corrected chi connectivity index (χ3v) is 3.38. The van der Waals surface area contributed by atoms with Crippen LogP contribution in [0.5, 0.6) is 0 Å². The van der Waals surface area contributed by atoms with Gasteiger partial charge in [0, 0.05) is 52.2 Å². The van der Waals surface area contributed by atoms with Crippen LogP contribution in [-0.2, 0) is 17.8 Å². The highest BCUT2D eigenvalue weighted by Crippen LogP contribution is 2.08. The fourth-order valence-corrected chi connectivity index (χ4v) is 1.92. The number of ether oxygens (including phenoxy) is 1. The number of aromatic nitrogens is 2. The Morgan fingerprint density at radius 2 is 2.32 bits per heavy atom. The zero-order chi connectivity index (χ0) is 14.3. The van der Waals surface area contributed by atoms with Crippen LogP contribution < -0.4 is 5.32 Å². The SMILES string of the molecule is CCn1cc(CN(C)C(=S)NCCCOC)c(C)n1. The lowest BCUT2D eigenvalue weighted by molar-refractivity contribution is 0.195. The van der Waals surface area contributed by atoms with Crippen LogP contribution in [0.3, 0.4) is 0 Å². The van der Waals surface area contributed by atoms with Gasteiger partial charge >= 0.3 is 0 Å². The Balaban J connectivity index is 2.42. The first-order chi connectivity index (χ1) is 9.08. The molecule has 0 amide bonds. The van der Waals surface area contributed by atoms with E-state index < -0.39 is 0 Å². The summed E-state index contributed by atoms with van der Waals surface area (Å²) in [6, 6.07) is 0. The number of rotatable bonds is 7. The number of methoxy groups -OCH3 is 1. The van der Waals surface area contributed by atoms with Crippen LogP contribution in [0.2, 0.25) is 0 Å². The fourth-order valence-electron chi connectivity index (χ4n) is 1.75. The minimum atomic E-state index is 0.752. The van der Waals surface area contributed by atoms with Crippen molar-refractivity contribution in [2.24, 2.45) is 0 Å². The Morgan fingerprint density at radius 3 is 2.89 bits per heavy atom. The van der Waals surface area contributed by atoms with Crippen LogP contribution in [0, 0.1) is 6.92 Å². The molecule has 1 aromatic rings. The average molecular weight is 284 g/mol. The summed E-state index contributed by atoms with van der Waals surface area (Å²) < 4.78 is 6.95. The second kappa shape index (κ2) is 8.12. The monoisotopic (exact) mass is 284 g/mol. The standard InChI is InChI=1S/C13H24N4OS/c1-5-17-10-12(11(2)15-17)9-16(3)13(19)14-7-6-8-18-4/h10H,5-9H2,1-4H3,(H,14,19). The van der Waals surface area contributed by atoms with Crippen molar-refractivity contribution < 1.29 is 4.74 Å². The molecule has 0 bridgehead atoms. The summed E-state index contributed by atoms with van der Waals surface area (Å²) in [5, 5.41) is 8.43. The topological polar surface area (TPSA) is 42.3 Å². The Bertz CT molecular complexity index is 405. The van der Waals surface area contributed by atoms with Gasteiger partial charge in [-0.15, -0.1) is 0 Å². The van der Waals surface area contributed by atoms with E-state index in [0.29, 0.717) is 0 Å². The van der Waals surface area contributed by atoms with E-state index in [4.69, 9.17) is 17.0 Å². The molecule has 0 aliphatic heterocycles. The molecule has 0 radical (unpaired) electrons. The molecule has 0 aliphatic carbocycles. The highest BCUT2D eigenvalue weighted by atomic mass is 32.1. The Labute approximate surface area is 120 Å². The van der Waals surface area contributed by atoms with Crippen LogP contribution in [0.4, 0.5) is 0 Å². The molecule has 1 N–H and O–H groups in total. The van der Waals surface area contributed by atoms with Crippen LogP contribution >= 0.6 is 12.2 Å². The van der Waals surface area contributed by atoms with Gasteiger partial charge in [0.25, 0.3) is 0 Å². The second-order valence-electron chi connectivity index (χ2n) is 4.53. The minimum absolute atomic E-state index is 0.752. The lowest BCUT2D eigenvalue weighted by Crippen LogP contribution is -2.37. The molecule has 1 heterocycles. The van der Waals surface area contributed by atoms with Crippen LogP contribution in [0.25, 0.3) is 0 Å². The Kier molecular flexibility index (Phi) is 6.80.